The molecule has 0 saturated carbocycles. The molecule has 0 radical (unpaired) electrons. The number of hydrogen-bond acceptors (Lipinski definition) is 3. The number of carbonyl (C=O) groups is 1. The molecule has 98 valence electrons. The molecule has 0 bridgehead atoms. The number of carbonyl (C=O) groups excluding carboxylic acids is 1. The van der Waals surface area contributed by atoms with Gasteiger partial charge in [0, 0.05) is 23.5 Å². The lowest BCUT2D eigenvalue weighted by molar-refractivity contribution is -0.114. The van der Waals surface area contributed by atoms with Crippen molar-refractivity contribution in [2.24, 2.45) is 5.92 Å². The molecule has 1 aromatic rings. The molecule has 18 heavy (non-hydrogen) atoms. The van der Waals surface area contributed by atoms with Gasteiger partial charge in [-0.3, -0.25) is 0 Å². The highest BCUT2D eigenvalue weighted by atomic mass is 79.9. The van der Waals surface area contributed by atoms with Crippen LogP contribution in [0.15, 0.2) is 16.6 Å². The first kappa shape index (κ1) is 13.4. The van der Waals surface area contributed by atoms with Gasteiger partial charge in [-0.2, -0.15) is 0 Å². The topological polar surface area (TPSA) is 40.5 Å². The molecule has 0 spiro atoms. The van der Waals surface area contributed by atoms with Crippen molar-refractivity contribution in [1.29, 1.82) is 0 Å². The highest BCUT2D eigenvalue weighted by Crippen LogP contribution is 2.30. The molecule has 2 unspecified atom stereocenters. The number of nitrogens with zero attached hydrogens (tertiary/aromatic N) is 1. The van der Waals surface area contributed by atoms with Crippen LogP contribution in [0.3, 0.4) is 0 Å². The first-order valence-corrected chi connectivity index (χ1v) is 6.35. The number of hydrogen-bond donors (Lipinski definition) is 1. The van der Waals surface area contributed by atoms with Crippen LogP contribution in [0.2, 0.25) is 0 Å². The quantitative estimate of drug-likeness (QED) is 0.849. The van der Waals surface area contributed by atoms with E-state index < -0.39 is 23.7 Å². The van der Waals surface area contributed by atoms with Crippen LogP contribution in [0.4, 0.5) is 14.5 Å². The molecule has 0 aliphatic carbocycles. The molecule has 0 aromatic heterocycles. The molecule has 1 saturated heterocycles. The molecule has 6 heteroatoms. The smallest absolute Gasteiger partial charge is 0.150 e. The molecular weight excluding hydrogens is 308 g/mol. The van der Waals surface area contributed by atoms with Gasteiger partial charge in [0.15, 0.2) is 11.6 Å². The molecule has 1 aliphatic rings. The van der Waals surface area contributed by atoms with Crippen molar-refractivity contribution in [2.75, 3.05) is 18.0 Å². The van der Waals surface area contributed by atoms with Gasteiger partial charge >= 0.3 is 0 Å². The summed E-state index contributed by atoms with van der Waals surface area (Å²) in [6.07, 6.45) is 0.189. The molecule has 1 aromatic carbocycles. The standard InChI is InChI=1S/C12H12BrF2NO2/c13-8-3-9(14)12(10(15)4-8)16-2-1-7(6-17)11(18)5-16/h3-4,6-7,11,18H,1-2,5H2. The molecule has 1 aliphatic heterocycles. The number of anilines is 1. The van der Waals surface area contributed by atoms with Crippen LogP contribution in [0.5, 0.6) is 0 Å². The van der Waals surface area contributed by atoms with Crippen molar-refractivity contribution in [3.63, 3.8) is 0 Å². The minimum absolute atomic E-state index is 0.0544. The van der Waals surface area contributed by atoms with E-state index in [-0.39, 0.29) is 12.2 Å². The second-order valence-corrected chi connectivity index (χ2v) is 5.24. The van der Waals surface area contributed by atoms with Crippen molar-refractivity contribution >= 4 is 27.9 Å². The average Bonchev–Trinajstić information content (AvgIpc) is 2.27. The summed E-state index contributed by atoms with van der Waals surface area (Å²) in [5.74, 6) is -1.82. The van der Waals surface area contributed by atoms with Gasteiger partial charge in [-0.05, 0) is 18.6 Å². The zero-order valence-electron chi connectivity index (χ0n) is 9.44. The fourth-order valence-corrected chi connectivity index (χ4v) is 2.55. The predicted octanol–water partition coefficient (Wildman–Crippen LogP) is 2.11. The zero-order valence-corrected chi connectivity index (χ0v) is 11.0. The Hall–Kier alpha value is -1.01. The Morgan fingerprint density at radius 2 is 2.00 bits per heavy atom. The third-order valence-electron chi connectivity index (χ3n) is 3.11. The Morgan fingerprint density at radius 3 is 2.50 bits per heavy atom. The molecule has 1 heterocycles. The molecule has 1 N–H and O–H groups in total. The van der Waals surface area contributed by atoms with Crippen LogP contribution in [0, 0.1) is 17.6 Å². The van der Waals surface area contributed by atoms with Gasteiger partial charge in [-0.25, -0.2) is 8.78 Å². The van der Waals surface area contributed by atoms with E-state index in [9.17, 15) is 18.7 Å². The number of halogens is 3. The van der Waals surface area contributed by atoms with Crippen LogP contribution in [-0.4, -0.2) is 30.6 Å². The maximum absolute atomic E-state index is 13.7. The minimum Gasteiger partial charge on any atom is -0.391 e. The summed E-state index contributed by atoms with van der Waals surface area (Å²) >= 11 is 3.01. The van der Waals surface area contributed by atoms with E-state index in [4.69, 9.17) is 0 Å². The number of benzene rings is 1. The van der Waals surface area contributed by atoms with Gasteiger partial charge in [-0.1, -0.05) is 15.9 Å². The second-order valence-electron chi connectivity index (χ2n) is 4.32. The van der Waals surface area contributed by atoms with Crippen molar-refractivity contribution in [3.8, 4) is 0 Å². The van der Waals surface area contributed by atoms with Crippen LogP contribution in [0.25, 0.3) is 0 Å². The maximum Gasteiger partial charge on any atom is 0.150 e. The van der Waals surface area contributed by atoms with Crippen molar-refractivity contribution in [2.45, 2.75) is 12.5 Å². The van der Waals surface area contributed by atoms with Crippen LogP contribution >= 0.6 is 15.9 Å². The van der Waals surface area contributed by atoms with E-state index in [2.05, 4.69) is 15.9 Å². The van der Waals surface area contributed by atoms with Gasteiger partial charge in [0.2, 0.25) is 0 Å². The van der Waals surface area contributed by atoms with E-state index in [1.807, 2.05) is 0 Å². The maximum atomic E-state index is 13.7. The van der Waals surface area contributed by atoms with Gasteiger partial charge < -0.3 is 14.8 Å². The van der Waals surface area contributed by atoms with Crippen LogP contribution in [0.1, 0.15) is 6.42 Å². The molecular formula is C12H12BrF2NO2. The fourth-order valence-electron chi connectivity index (χ4n) is 2.15. The Bertz CT molecular complexity index is 446. The lowest BCUT2D eigenvalue weighted by atomic mass is 9.95. The first-order valence-electron chi connectivity index (χ1n) is 5.55. The number of aliphatic hydroxyl groups is 1. The lowest BCUT2D eigenvalue weighted by Crippen LogP contribution is -2.45. The lowest BCUT2D eigenvalue weighted by Gasteiger charge is -2.35. The predicted molar refractivity (Wildman–Crippen MR) is 66.4 cm³/mol. The summed E-state index contributed by atoms with van der Waals surface area (Å²) in [6.45, 7) is 0.398. The summed E-state index contributed by atoms with van der Waals surface area (Å²) in [5, 5.41) is 9.71. The van der Waals surface area contributed by atoms with Gasteiger partial charge in [0.05, 0.1) is 6.10 Å². The number of aldehydes is 1. The second kappa shape index (κ2) is 5.32. The van der Waals surface area contributed by atoms with Gasteiger partial charge in [-0.15, -0.1) is 0 Å². The normalized spacial score (nSPS) is 24.1. The van der Waals surface area contributed by atoms with E-state index in [1.54, 1.807) is 0 Å². The fraction of sp³-hybridized carbons (Fsp3) is 0.417. The third-order valence-corrected chi connectivity index (χ3v) is 3.56. The first-order chi connectivity index (χ1) is 8.52. The number of piperidine rings is 1. The average molecular weight is 320 g/mol. The third kappa shape index (κ3) is 2.54. The van der Waals surface area contributed by atoms with E-state index >= 15 is 0 Å². The monoisotopic (exact) mass is 319 g/mol. The van der Waals surface area contributed by atoms with Crippen LogP contribution < -0.4 is 4.90 Å². The Labute approximate surface area is 112 Å². The van der Waals surface area contributed by atoms with Crippen molar-refractivity contribution in [1.82, 2.24) is 0 Å². The van der Waals surface area contributed by atoms with Crippen LogP contribution in [-0.2, 0) is 4.79 Å². The summed E-state index contributed by atoms with van der Waals surface area (Å²) in [6, 6.07) is 2.35. The SMILES string of the molecule is O=CC1CCN(c2c(F)cc(Br)cc2F)CC1O. The Balaban J connectivity index is 2.26. The van der Waals surface area contributed by atoms with Crippen molar-refractivity contribution in [3.05, 3.63) is 28.2 Å². The largest absolute Gasteiger partial charge is 0.391 e. The molecule has 2 atom stereocenters. The minimum atomic E-state index is -0.890. The van der Waals surface area contributed by atoms with E-state index in [1.165, 1.54) is 17.0 Å². The summed E-state index contributed by atoms with van der Waals surface area (Å²) in [7, 11) is 0. The summed E-state index contributed by atoms with van der Waals surface area (Å²) in [4.78, 5) is 12.1. The number of β-amino-alcohol motifs (C(OH)–C–C–N with tert-alkyl or cyclic N) is 1. The number of rotatable bonds is 2. The van der Waals surface area contributed by atoms with E-state index in [0.717, 1.165) is 0 Å². The van der Waals surface area contributed by atoms with Crippen molar-refractivity contribution < 1.29 is 18.7 Å². The summed E-state index contributed by atoms with van der Waals surface area (Å²) < 4.78 is 27.8. The molecule has 1 fully saturated rings. The number of aliphatic hydroxyl groups excluding tert-OH is 1. The Morgan fingerprint density at radius 1 is 1.39 bits per heavy atom. The van der Waals surface area contributed by atoms with Gasteiger partial charge in [0.1, 0.15) is 12.0 Å². The highest BCUT2D eigenvalue weighted by molar-refractivity contribution is 9.10. The Kier molecular flexibility index (Phi) is 3.97. The zero-order chi connectivity index (χ0) is 13.3. The highest BCUT2D eigenvalue weighted by Gasteiger charge is 2.30. The van der Waals surface area contributed by atoms with Gasteiger partial charge in [0.25, 0.3) is 0 Å². The summed E-state index contributed by atoms with van der Waals surface area (Å²) in [5.41, 5.74) is -0.151. The molecule has 2 rings (SSSR count). The molecule has 3 nitrogen and oxygen atoms in total. The van der Waals surface area contributed by atoms with E-state index in [0.29, 0.717) is 23.7 Å². The molecule has 0 amide bonds.